The largest absolute Gasteiger partial charge is 0.380 e. The van der Waals surface area contributed by atoms with Gasteiger partial charge < -0.3 is 20.0 Å². The lowest BCUT2D eigenvalue weighted by molar-refractivity contribution is 0.112. The molecule has 0 radical (unpaired) electrons. The van der Waals surface area contributed by atoms with Crippen LogP contribution in [0.2, 0.25) is 0 Å². The first-order chi connectivity index (χ1) is 16.2. The molecule has 0 saturated carbocycles. The number of benzene rings is 2. The number of carbonyl (C=O) groups is 1. The molecule has 1 heterocycles. The Kier molecular flexibility index (Phi) is 8.24. The monoisotopic (exact) mass is 468 g/mol. The van der Waals surface area contributed by atoms with Gasteiger partial charge in [0.2, 0.25) is 0 Å². The highest BCUT2D eigenvalue weighted by molar-refractivity contribution is 5.86. The molecule has 1 N–H and O–H groups in total. The molecule has 2 aromatic carbocycles. The van der Waals surface area contributed by atoms with Gasteiger partial charge in [-0.25, -0.2) is 8.78 Å². The van der Waals surface area contributed by atoms with Crippen molar-refractivity contribution in [2.45, 2.75) is 13.5 Å². The van der Waals surface area contributed by atoms with Gasteiger partial charge in [0.25, 0.3) is 7.05 Å². The quantitative estimate of drug-likeness (QED) is 0.615. The van der Waals surface area contributed by atoms with Crippen molar-refractivity contribution < 1.29 is 13.6 Å². The highest BCUT2D eigenvalue weighted by Crippen LogP contribution is 2.32. The molecule has 8 heteroatoms. The van der Waals surface area contributed by atoms with Crippen LogP contribution in [0.4, 0.5) is 14.5 Å². The van der Waals surface area contributed by atoms with Gasteiger partial charge in [0.15, 0.2) is 12.1 Å². The van der Waals surface area contributed by atoms with Crippen LogP contribution in [0.25, 0.3) is 10.7 Å². The van der Waals surface area contributed by atoms with Crippen molar-refractivity contribution in [3.05, 3.63) is 74.6 Å². The fourth-order valence-corrected chi connectivity index (χ4v) is 4.21. The van der Waals surface area contributed by atoms with E-state index in [0.717, 1.165) is 18.7 Å². The first-order valence-corrected chi connectivity index (χ1v) is 11.2. The van der Waals surface area contributed by atoms with Crippen molar-refractivity contribution in [2.75, 3.05) is 59.7 Å². The third kappa shape index (κ3) is 5.72. The summed E-state index contributed by atoms with van der Waals surface area (Å²) in [6.45, 7) is 5.15. The molecule has 2 aromatic rings. The van der Waals surface area contributed by atoms with Gasteiger partial charge in [0.1, 0.15) is 17.2 Å². The molecule has 0 aliphatic carbocycles. The maximum atomic E-state index is 16.3. The van der Waals surface area contributed by atoms with Crippen molar-refractivity contribution >= 4 is 17.8 Å². The fraction of sp³-hybridized carbons (Fsp3) is 0.385. The second-order valence-corrected chi connectivity index (χ2v) is 8.71. The number of halogens is 2. The summed E-state index contributed by atoms with van der Waals surface area (Å²) in [7, 11) is 7.23. The Bertz CT molecular complexity index is 1140. The van der Waals surface area contributed by atoms with Crippen LogP contribution in [0, 0.1) is 18.8 Å². The lowest BCUT2D eigenvalue weighted by Crippen LogP contribution is -2.46. The van der Waals surface area contributed by atoms with E-state index in [4.69, 9.17) is 0 Å². The summed E-state index contributed by atoms with van der Waals surface area (Å²) in [4.78, 5) is 21.8. The summed E-state index contributed by atoms with van der Waals surface area (Å²) in [6, 6.07) is 10.6. The molecule has 0 aromatic heterocycles. The maximum Gasteiger partial charge on any atom is 0.312 e. The normalized spacial score (nSPS) is 14.7. The molecule has 6 nitrogen and oxygen atoms in total. The summed E-state index contributed by atoms with van der Waals surface area (Å²) in [5.74, 6) is -0.377. The van der Waals surface area contributed by atoms with Gasteiger partial charge in [-0.3, -0.25) is 4.79 Å². The number of carbonyl (C=O) groups excluding carboxylic acids is 1. The fourth-order valence-electron chi connectivity index (χ4n) is 4.21. The molecular formula is C26H32F2N5O+. The highest BCUT2D eigenvalue weighted by Gasteiger charge is 2.25. The molecule has 0 amide bonds. The van der Waals surface area contributed by atoms with E-state index in [1.165, 1.54) is 12.1 Å². The molecular weight excluding hydrogens is 436 g/mol. The number of aldehydes is 1. The Morgan fingerprint density at radius 1 is 1.21 bits per heavy atom. The minimum Gasteiger partial charge on any atom is -0.380 e. The number of anilines is 1. The van der Waals surface area contributed by atoms with Crippen molar-refractivity contribution in [1.82, 2.24) is 14.7 Å². The molecule has 1 aliphatic rings. The number of nitrogens with zero attached hydrogens (tertiary/aromatic N) is 4. The van der Waals surface area contributed by atoms with Gasteiger partial charge in [-0.05, 0) is 43.8 Å². The number of hydrogen-bond acceptors (Lipinski definition) is 5. The molecule has 34 heavy (non-hydrogen) atoms. The average molecular weight is 469 g/mol. The Balaban J connectivity index is 2.06. The molecule has 1 fully saturated rings. The Morgan fingerprint density at radius 2 is 1.91 bits per heavy atom. The van der Waals surface area contributed by atoms with Crippen LogP contribution < -0.4 is 5.32 Å². The van der Waals surface area contributed by atoms with E-state index in [2.05, 4.69) is 21.1 Å². The Labute approximate surface area is 200 Å². The van der Waals surface area contributed by atoms with E-state index in [0.29, 0.717) is 47.6 Å². The first kappa shape index (κ1) is 25.2. The number of piperazine rings is 1. The zero-order valence-electron chi connectivity index (χ0n) is 20.5. The van der Waals surface area contributed by atoms with Gasteiger partial charge in [0, 0.05) is 57.9 Å². The molecule has 1 saturated heterocycles. The predicted octanol–water partition coefficient (Wildman–Crippen LogP) is 4.27. The summed E-state index contributed by atoms with van der Waals surface area (Å²) >= 11 is 0. The van der Waals surface area contributed by atoms with Gasteiger partial charge in [-0.1, -0.05) is 16.5 Å². The minimum atomic E-state index is -0.436. The van der Waals surface area contributed by atoms with Crippen LogP contribution in [-0.2, 0) is 6.54 Å². The standard InChI is InChI=1S/C26H31F2N5O/c1-18-12-20(16-30-23-7-6-22(27)14-19(23)15-29-2)24(21(13-18)17-34)25(28)26(31(3)4)33-10-8-32(5)9-11-33/h6-7,12-14,17H,8-11,16H2,1-5H3/p+1/b26-25-. The van der Waals surface area contributed by atoms with Crippen molar-refractivity contribution in [2.24, 2.45) is 0 Å². The SMILES string of the molecule is C[N+]#Cc1cc(F)ccc1NCc1cc(C)cc(C=O)c1/C(F)=C(\N(C)C)N1CCN(C)CC1. The zero-order chi connectivity index (χ0) is 24.8. The molecule has 180 valence electrons. The van der Waals surface area contributed by atoms with Crippen molar-refractivity contribution in [3.8, 4) is 6.07 Å². The molecule has 1 aliphatic heterocycles. The Hall–Kier alpha value is -3.44. The van der Waals surface area contributed by atoms with E-state index in [1.807, 2.05) is 39.0 Å². The van der Waals surface area contributed by atoms with Gasteiger partial charge in [0.05, 0.1) is 5.69 Å². The molecule has 0 atom stereocenters. The van der Waals surface area contributed by atoms with E-state index < -0.39 is 11.6 Å². The van der Waals surface area contributed by atoms with Crippen LogP contribution >= 0.6 is 0 Å². The summed E-state index contributed by atoms with van der Waals surface area (Å²) in [5, 5.41) is 3.24. The van der Waals surface area contributed by atoms with Crippen LogP contribution in [0.1, 0.15) is 32.6 Å². The number of hydrogen-bond donors (Lipinski definition) is 1. The lowest BCUT2D eigenvalue weighted by atomic mass is 9.96. The van der Waals surface area contributed by atoms with Gasteiger partial charge >= 0.3 is 6.07 Å². The first-order valence-electron chi connectivity index (χ1n) is 11.2. The smallest absolute Gasteiger partial charge is 0.312 e. The topological polar surface area (TPSA) is 43.2 Å². The van der Waals surface area contributed by atoms with Crippen LogP contribution in [-0.4, -0.2) is 75.4 Å². The van der Waals surface area contributed by atoms with E-state index >= 15 is 4.39 Å². The number of nitrogens with one attached hydrogen (secondary N) is 1. The number of likely N-dealkylation sites (N-methyl/N-ethyl adjacent to an activating group) is 1. The molecule has 0 spiro atoms. The molecule has 0 bridgehead atoms. The lowest BCUT2D eigenvalue weighted by Gasteiger charge is -2.38. The predicted molar refractivity (Wildman–Crippen MR) is 133 cm³/mol. The maximum absolute atomic E-state index is 16.3. The summed E-state index contributed by atoms with van der Waals surface area (Å²) < 4.78 is 30.0. The van der Waals surface area contributed by atoms with Crippen LogP contribution in [0.15, 0.2) is 36.2 Å². The number of rotatable bonds is 7. The average Bonchev–Trinajstić information content (AvgIpc) is 2.79. The van der Waals surface area contributed by atoms with Crippen LogP contribution in [0.5, 0.6) is 0 Å². The van der Waals surface area contributed by atoms with Crippen molar-refractivity contribution in [3.63, 3.8) is 0 Å². The molecule has 0 unspecified atom stereocenters. The van der Waals surface area contributed by atoms with Gasteiger partial charge in [-0.15, -0.1) is 0 Å². The second kappa shape index (κ2) is 11.1. The second-order valence-electron chi connectivity index (χ2n) is 8.71. The van der Waals surface area contributed by atoms with E-state index in [-0.39, 0.29) is 12.1 Å². The summed E-state index contributed by atoms with van der Waals surface area (Å²) in [6.07, 6.45) is 0.698. The minimum absolute atomic E-state index is 0.235. The molecule has 3 rings (SSSR count). The van der Waals surface area contributed by atoms with Gasteiger partial charge in [-0.2, -0.15) is 0 Å². The third-order valence-corrected chi connectivity index (χ3v) is 5.85. The zero-order valence-corrected chi connectivity index (χ0v) is 20.5. The Morgan fingerprint density at radius 3 is 2.53 bits per heavy atom. The van der Waals surface area contributed by atoms with E-state index in [9.17, 15) is 9.18 Å². The summed E-state index contributed by atoms with van der Waals surface area (Å²) in [5.41, 5.74) is 3.13. The number of aryl methyl sites for hydroxylation is 1. The van der Waals surface area contributed by atoms with E-state index in [1.54, 1.807) is 24.1 Å². The van der Waals surface area contributed by atoms with Crippen LogP contribution in [0.3, 0.4) is 0 Å². The highest BCUT2D eigenvalue weighted by atomic mass is 19.1. The van der Waals surface area contributed by atoms with Crippen molar-refractivity contribution in [1.29, 1.82) is 0 Å². The third-order valence-electron chi connectivity index (χ3n) is 5.85.